The van der Waals surface area contributed by atoms with Crippen molar-refractivity contribution >= 4 is 33.9 Å². The molecular weight excluding hydrogens is 360 g/mol. The smallest absolute Gasteiger partial charge is 0.246 e. The van der Waals surface area contributed by atoms with Gasteiger partial charge in [0, 0.05) is 30.5 Å². The molecule has 0 radical (unpaired) electrons. The molecule has 0 bridgehead atoms. The second-order valence-electron chi connectivity index (χ2n) is 7.52. The Morgan fingerprint density at radius 3 is 2.72 bits per heavy atom. The van der Waals surface area contributed by atoms with Gasteiger partial charge in [0.05, 0.1) is 22.2 Å². The van der Waals surface area contributed by atoms with Gasteiger partial charge < -0.3 is 9.88 Å². The van der Waals surface area contributed by atoms with Gasteiger partial charge in [-0.2, -0.15) is 0 Å². The van der Waals surface area contributed by atoms with Gasteiger partial charge in [-0.25, -0.2) is 9.97 Å². The van der Waals surface area contributed by atoms with E-state index in [1.165, 1.54) is 0 Å². The Balaban J connectivity index is 1.30. The highest BCUT2D eigenvalue weighted by atomic mass is 16.2. The summed E-state index contributed by atoms with van der Waals surface area (Å²) in [5.74, 6) is 1.25. The molecular formula is C24H22N4O. The van der Waals surface area contributed by atoms with Crippen molar-refractivity contribution in [2.75, 3.05) is 13.1 Å². The van der Waals surface area contributed by atoms with Gasteiger partial charge in [0.25, 0.3) is 0 Å². The number of rotatable bonds is 3. The van der Waals surface area contributed by atoms with E-state index in [-0.39, 0.29) is 11.8 Å². The quantitative estimate of drug-likeness (QED) is 0.530. The van der Waals surface area contributed by atoms with E-state index in [9.17, 15) is 4.79 Å². The normalized spacial score (nSPS) is 17.4. The number of piperidine rings is 1. The fourth-order valence-electron chi connectivity index (χ4n) is 4.00. The molecule has 1 aliphatic rings. The average molecular weight is 382 g/mol. The number of likely N-dealkylation sites (tertiary alicyclic amines) is 1. The van der Waals surface area contributed by atoms with Crippen LogP contribution in [0.2, 0.25) is 0 Å². The average Bonchev–Trinajstić information content (AvgIpc) is 3.22. The van der Waals surface area contributed by atoms with Gasteiger partial charge in [0.2, 0.25) is 5.91 Å². The highest BCUT2D eigenvalue weighted by Crippen LogP contribution is 2.27. The number of amides is 1. The summed E-state index contributed by atoms with van der Waals surface area (Å²) >= 11 is 0. The number of para-hydroxylation sites is 3. The minimum Gasteiger partial charge on any atom is -0.342 e. The predicted molar refractivity (Wildman–Crippen MR) is 115 cm³/mol. The van der Waals surface area contributed by atoms with Crippen LogP contribution in [0.4, 0.5) is 0 Å². The summed E-state index contributed by atoms with van der Waals surface area (Å²) in [6.07, 6.45) is 5.47. The number of H-pyrrole nitrogens is 1. The van der Waals surface area contributed by atoms with E-state index in [1.54, 1.807) is 12.2 Å². The van der Waals surface area contributed by atoms with Gasteiger partial charge in [-0.3, -0.25) is 4.79 Å². The SMILES string of the molecule is O=C(C=Cc1ccc2ccccc2n1)N1CCCC(c2nc3ccccc3[nH]2)C1. The van der Waals surface area contributed by atoms with Crippen LogP contribution in [0.1, 0.15) is 30.3 Å². The van der Waals surface area contributed by atoms with E-state index in [2.05, 4.69) is 9.97 Å². The largest absolute Gasteiger partial charge is 0.342 e. The van der Waals surface area contributed by atoms with Crippen LogP contribution in [0.5, 0.6) is 0 Å². The van der Waals surface area contributed by atoms with Crippen LogP contribution in [0.15, 0.2) is 66.7 Å². The molecule has 1 fully saturated rings. The van der Waals surface area contributed by atoms with Gasteiger partial charge in [-0.1, -0.05) is 36.4 Å². The lowest BCUT2D eigenvalue weighted by Gasteiger charge is -2.31. The number of aromatic amines is 1. The van der Waals surface area contributed by atoms with Crippen molar-refractivity contribution in [3.05, 3.63) is 78.3 Å². The standard InChI is InChI=1S/C24H22N4O/c29-23(14-13-19-12-11-17-6-1-2-8-20(17)25-19)28-15-5-7-18(16-28)24-26-21-9-3-4-10-22(21)27-24/h1-4,6,8-14,18H,5,7,15-16H2,(H,26,27). The molecule has 3 heterocycles. The molecule has 1 unspecified atom stereocenters. The third-order valence-corrected chi connectivity index (χ3v) is 5.54. The molecule has 0 saturated carbocycles. The van der Waals surface area contributed by atoms with Crippen molar-refractivity contribution in [3.63, 3.8) is 0 Å². The van der Waals surface area contributed by atoms with Crippen LogP contribution in [-0.2, 0) is 4.79 Å². The molecule has 5 nitrogen and oxygen atoms in total. The lowest BCUT2D eigenvalue weighted by Crippen LogP contribution is -2.38. The molecule has 5 heteroatoms. The van der Waals surface area contributed by atoms with Crippen LogP contribution in [0, 0.1) is 0 Å². The van der Waals surface area contributed by atoms with Crippen LogP contribution >= 0.6 is 0 Å². The molecule has 5 rings (SSSR count). The summed E-state index contributed by atoms with van der Waals surface area (Å²) in [6.45, 7) is 1.47. The zero-order chi connectivity index (χ0) is 19.6. The molecule has 0 spiro atoms. The number of hydrogen-bond acceptors (Lipinski definition) is 3. The second kappa shape index (κ2) is 7.51. The number of pyridine rings is 1. The first-order valence-corrected chi connectivity index (χ1v) is 10.0. The van der Waals surface area contributed by atoms with Crippen LogP contribution < -0.4 is 0 Å². The zero-order valence-electron chi connectivity index (χ0n) is 16.1. The Morgan fingerprint density at radius 2 is 1.83 bits per heavy atom. The van der Waals surface area contributed by atoms with Crippen LogP contribution in [0.25, 0.3) is 28.0 Å². The third kappa shape index (κ3) is 3.63. The molecule has 4 aromatic rings. The number of benzene rings is 2. The molecule has 2 aromatic carbocycles. The summed E-state index contributed by atoms with van der Waals surface area (Å²) in [6, 6.07) is 20.0. The van der Waals surface area contributed by atoms with Gasteiger partial charge in [-0.15, -0.1) is 0 Å². The highest BCUT2D eigenvalue weighted by molar-refractivity contribution is 5.92. The molecule has 2 aromatic heterocycles. The molecule has 1 amide bonds. The summed E-state index contributed by atoms with van der Waals surface area (Å²) < 4.78 is 0. The third-order valence-electron chi connectivity index (χ3n) is 5.54. The van der Waals surface area contributed by atoms with E-state index >= 15 is 0 Å². The van der Waals surface area contributed by atoms with Gasteiger partial charge in [0.1, 0.15) is 5.82 Å². The van der Waals surface area contributed by atoms with E-state index in [0.29, 0.717) is 6.54 Å². The zero-order valence-corrected chi connectivity index (χ0v) is 16.1. The van der Waals surface area contributed by atoms with Gasteiger partial charge >= 0.3 is 0 Å². The van der Waals surface area contributed by atoms with Crippen molar-refractivity contribution in [1.29, 1.82) is 0 Å². The lowest BCUT2D eigenvalue weighted by atomic mass is 9.97. The maximum atomic E-state index is 12.8. The van der Waals surface area contributed by atoms with Gasteiger partial charge in [-0.05, 0) is 43.2 Å². The molecule has 0 aliphatic carbocycles. The Kier molecular flexibility index (Phi) is 4.56. The topological polar surface area (TPSA) is 61.9 Å². The highest BCUT2D eigenvalue weighted by Gasteiger charge is 2.25. The van der Waals surface area contributed by atoms with E-state index in [0.717, 1.165) is 52.8 Å². The van der Waals surface area contributed by atoms with Crippen LogP contribution in [-0.4, -0.2) is 38.8 Å². The van der Waals surface area contributed by atoms with Crippen molar-refractivity contribution in [2.45, 2.75) is 18.8 Å². The lowest BCUT2D eigenvalue weighted by molar-refractivity contribution is -0.127. The fourth-order valence-corrected chi connectivity index (χ4v) is 4.00. The Hall–Kier alpha value is -3.47. The number of carbonyl (C=O) groups is 1. The molecule has 144 valence electrons. The Labute approximate surface area is 169 Å². The first kappa shape index (κ1) is 17.6. The maximum Gasteiger partial charge on any atom is 0.246 e. The summed E-state index contributed by atoms with van der Waals surface area (Å²) in [7, 11) is 0. The fraction of sp³-hybridized carbons (Fsp3) is 0.208. The first-order chi connectivity index (χ1) is 14.3. The minimum absolute atomic E-state index is 0.0285. The van der Waals surface area contributed by atoms with E-state index in [4.69, 9.17) is 4.98 Å². The molecule has 1 aliphatic heterocycles. The molecule has 29 heavy (non-hydrogen) atoms. The minimum atomic E-state index is 0.0285. The van der Waals surface area contributed by atoms with Gasteiger partial charge in [0.15, 0.2) is 0 Å². The summed E-state index contributed by atoms with van der Waals surface area (Å²) in [5.41, 5.74) is 3.76. The number of nitrogens with zero attached hydrogens (tertiary/aromatic N) is 3. The molecule has 1 saturated heterocycles. The maximum absolute atomic E-state index is 12.8. The van der Waals surface area contributed by atoms with E-state index in [1.807, 2.05) is 65.6 Å². The monoisotopic (exact) mass is 382 g/mol. The number of carbonyl (C=O) groups excluding carboxylic acids is 1. The van der Waals surface area contributed by atoms with Crippen molar-refractivity contribution in [1.82, 2.24) is 19.9 Å². The summed E-state index contributed by atoms with van der Waals surface area (Å²) in [5, 5.41) is 1.10. The number of hydrogen-bond donors (Lipinski definition) is 1. The second-order valence-corrected chi connectivity index (χ2v) is 7.52. The van der Waals surface area contributed by atoms with Crippen LogP contribution in [0.3, 0.4) is 0 Å². The number of fused-ring (bicyclic) bond motifs is 2. The Bertz CT molecular complexity index is 1180. The van der Waals surface area contributed by atoms with Crippen molar-refractivity contribution < 1.29 is 4.79 Å². The van der Waals surface area contributed by atoms with E-state index < -0.39 is 0 Å². The van der Waals surface area contributed by atoms with Crippen molar-refractivity contribution in [3.8, 4) is 0 Å². The summed E-state index contributed by atoms with van der Waals surface area (Å²) in [4.78, 5) is 27.4. The number of imidazole rings is 1. The Morgan fingerprint density at radius 1 is 1.00 bits per heavy atom. The predicted octanol–water partition coefficient (Wildman–Crippen LogP) is 4.53. The number of nitrogens with one attached hydrogen (secondary N) is 1. The molecule has 1 atom stereocenters. The van der Waals surface area contributed by atoms with Crippen molar-refractivity contribution in [2.24, 2.45) is 0 Å². The first-order valence-electron chi connectivity index (χ1n) is 10.0. The molecule has 1 N–H and O–H groups in total. The number of aromatic nitrogens is 3.